The van der Waals surface area contributed by atoms with Crippen molar-refractivity contribution in [2.45, 2.75) is 70.2 Å². The van der Waals surface area contributed by atoms with E-state index in [2.05, 4.69) is 20.0 Å². The highest BCUT2D eigenvalue weighted by Crippen LogP contribution is 2.43. The Hall–Kier alpha value is -4.33. The van der Waals surface area contributed by atoms with E-state index in [1.807, 2.05) is 41.4 Å². The van der Waals surface area contributed by atoms with E-state index in [1.54, 1.807) is 6.20 Å². The first kappa shape index (κ1) is 26.7. The predicted octanol–water partition coefficient (Wildman–Crippen LogP) is 0.583. The number of carboxylic acids is 3. The van der Waals surface area contributed by atoms with E-state index in [0.717, 1.165) is 42.0 Å². The van der Waals surface area contributed by atoms with Gasteiger partial charge in [-0.25, -0.2) is 19.3 Å². The van der Waals surface area contributed by atoms with Crippen LogP contribution in [0.4, 0.5) is 0 Å². The van der Waals surface area contributed by atoms with Gasteiger partial charge in [-0.05, 0) is 26.7 Å². The Kier molecular flexibility index (Phi) is 7.18. The number of carbonyl (C=O) groups is 4. The number of aliphatic carboxylic acids is 3. The number of aliphatic hydroxyl groups is 1. The summed E-state index contributed by atoms with van der Waals surface area (Å²) in [7, 11) is 0. The molecule has 2 atom stereocenters. The lowest BCUT2D eigenvalue weighted by Gasteiger charge is -2.36. The van der Waals surface area contributed by atoms with Gasteiger partial charge in [-0.3, -0.25) is 14.4 Å². The molecule has 2 aliphatic heterocycles. The molecule has 2 unspecified atom stereocenters. The summed E-state index contributed by atoms with van der Waals surface area (Å²) in [5, 5.41) is 38.4. The Labute approximate surface area is 216 Å². The lowest BCUT2D eigenvalue weighted by molar-refractivity contribution is -0.170. The second-order valence-electron chi connectivity index (χ2n) is 9.55. The third-order valence-corrected chi connectivity index (χ3v) is 6.83. The second kappa shape index (κ2) is 10.2. The fraction of sp³-hybridized carbons (Fsp3) is 0.458. The minimum atomic E-state index is -2.74. The van der Waals surface area contributed by atoms with Crippen molar-refractivity contribution >= 4 is 29.5 Å². The average Bonchev–Trinajstić information content (AvgIpc) is 3.49. The lowest BCUT2D eigenvalue weighted by Crippen LogP contribution is -2.44. The van der Waals surface area contributed by atoms with Crippen molar-refractivity contribution in [1.29, 1.82) is 0 Å². The number of rotatable bonds is 7. The maximum Gasteiger partial charge on any atom is 0.336 e. The van der Waals surface area contributed by atoms with Crippen LogP contribution >= 0.6 is 0 Å². The van der Waals surface area contributed by atoms with Crippen LogP contribution in [0.25, 0.3) is 5.65 Å². The zero-order valence-electron chi connectivity index (χ0n) is 20.8. The summed E-state index contributed by atoms with van der Waals surface area (Å²) >= 11 is 0. The molecule has 1 saturated heterocycles. The Morgan fingerprint density at radius 3 is 2.32 bits per heavy atom. The summed E-state index contributed by atoms with van der Waals surface area (Å²) in [6, 6.07) is 2.37. The summed E-state index contributed by atoms with van der Waals surface area (Å²) in [6.45, 7) is 4.26. The highest BCUT2D eigenvalue weighted by molar-refractivity contribution is 5.88. The standard InChI is InChI=1S/C18H20N6O.C6H8O7/c1-11-7-17-20-9-14-15-4-3-13(8-16(14)24(17)21-11)23(15)18(25)10-22-6-5-19-12(22)2;7-3(8)1-6(13,5(11)12)2-4(9)10/h5-7,9,13,15H,3-4,8,10H2,1-2H3;13H,1-2H2,(H,7,8)(H,9,10)(H,11,12). The maximum atomic E-state index is 13.0. The molecular weight excluding hydrogens is 500 g/mol. The van der Waals surface area contributed by atoms with Gasteiger partial charge in [0, 0.05) is 42.7 Å². The summed E-state index contributed by atoms with van der Waals surface area (Å²) in [6.07, 6.45) is 6.15. The van der Waals surface area contributed by atoms with Gasteiger partial charge in [0.15, 0.2) is 11.2 Å². The quantitative estimate of drug-likeness (QED) is 0.334. The van der Waals surface area contributed by atoms with Gasteiger partial charge in [-0.2, -0.15) is 5.10 Å². The van der Waals surface area contributed by atoms with E-state index in [-0.39, 0.29) is 18.0 Å². The molecule has 0 radical (unpaired) electrons. The van der Waals surface area contributed by atoms with E-state index >= 15 is 0 Å². The van der Waals surface area contributed by atoms with Gasteiger partial charge in [0.2, 0.25) is 5.91 Å². The van der Waals surface area contributed by atoms with E-state index in [4.69, 9.17) is 20.4 Å². The van der Waals surface area contributed by atoms with Crippen LogP contribution in [0.15, 0.2) is 24.7 Å². The molecule has 0 saturated carbocycles. The Morgan fingerprint density at radius 2 is 1.74 bits per heavy atom. The zero-order chi connectivity index (χ0) is 27.8. The monoisotopic (exact) mass is 528 g/mol. The van der Waals surface area contributed by atoms with Crippen molar-refractivity contribution in [3.63, 3.8) is 0 Å². The SMILES string of the molecule is Cc1cc2ncc3c(n2n1)CC1CCC3N1C(=O)Cn1ccnc1C.O=C(O)CC(O)(CC(=O)O)C(=O)O. The normalized spacial score (nSPS) is 18.0. The molecule has 0 aliphatic carbocycles. The van der Waals surface area contributed by atoms with Crippen LogP contribution in [0.3, 0.4) is 0 Å². The molecule has 1 fully saturated rings. The maximum absolute atomic E-state index is 13.0. The van der Waals surface area contributed by atoms with Crippen molar-refractivity contribution in [1.82, 2.24) is 29.0 Å². The summed E-state index contributed by atoms with van der Waals surface area (Å²) in [5.74, 6) is -3.99. The topological polar surface area (TPSA) is 200 Å². The number of hydrogen-bond acceptors (Lipinski definition) is 8. The number of imidazole rings is 1. The number of fused-ring (bicyclic) bond motifs is 6. The molecule has 14 heteroatoms. The second-order valence-corrected chi connectivity index (χ2v) is 9.55. The summed E-state index contributed by atoms with van der Waals surface area (Å²) in [4.78, 5) is 54.3. The van der Waals surface area contributed by atoms with Crippen molar-refractivity contribution in [3.05, 3.63) is 47.4 Å². The highest BCUT2D eigenvalue weighted by Gasteiger charge is 2.44. The van der Waals surface area contributed by atoms with Crippen LogP contribution in [0, 0.1) is 13.8 Å². The van der Waals surface area contributed by atoms with E-state index in [9.17, 15) is 19.2 Å². The Morgan fingerprint density at radius 1 is 1.05 bits per heavy atom. The summed E-state index contributed by atoms with van der Waals surface area (Å²) < 4.78 is 3.88. The summed E-state index contributed by atoms with van der Waals surface area (Å²) in [5.41, 5.74) is 1.50. The van der Waals surface area contributed by atoms with Gasteiger partial charge in [0.05, 0.1) is 30.3 Å². The first-order chi connectivity index (χ1) is 17.9. The van der Waals surface area contributed by atoms with Gasteiger partial charge >= 0.3 is 17.9 Å². The van der Waals surface area contributed by atoms with Gasteiger partial charge in [0.25, 0.3) is 0 Å². The van der Waals surface area contributed by atoms with E-state index in [0.29, 0.717) is 6.54 Å². The molecule has 0 aromatic carbocycles. The fourth-order valence-electron chi connectivity index (χ4n) is 5.09. The first-order valence-electron chi connectivity index (χ1n) is 11.9. The van der Waals surface area contributed by atoms with Crippen molar-refractivity contribution < 1.29 is 39.6 Å². The fourth-order valence-corrected chi connectivity index (χ4v) is 5.09. The predicted molar refractivity (Wildman–Crippen MR) is 128 cm³/mol. The minimum Gasteiger partial charge on any atom is -0.481 e. The third-order valence-electron chi connectivity index (χ3n) is 6.83. The molecule has 3 aromatic heterocycles. The van der Waals surface area contributed by atoms with Crippen molar-refractivity contribution in [3.8, 4) is 0 Å². The van der Waals surface area contributed by atoms with Crippen molar-refractivity contribution in [2.75, 3.05) is 0 Å². The van der Waals surface area contributed by atoms with Crippen LogP contribution in [-0.4, -0.2) is 84.9 Å². The lowest BCUT2D eigenvalue weighted by atomic mass is 9.96. The molecule has 0 spiro atoms. The molecule has 38 heavy (non-hydrogen) atoms. The highest BCUT2D eigenvalue weighted by atomic mass is 16.4. The number of aromatic nitrogens is 5. The van der Waals surface area contributed by atoms with Crippen LogP contribution in [-0.2, 0) is 32.1 Å². The first-order valence-corrected chi connectivity index (χ1v) is 11.9. The zero-order valence-corrected chi connectivity index (χ0v) is 20.8. The Bertz CT molecular complexity index is 1400. The van der Waals surface area contributed by atoms with Crippen molar-refractivity contribution in [2.24, 2.45) is 0 Å². The molecule has 5 heterocycles. The van der Waals surface area contributed by atoms with Gasteiger partial charge in [-0.1, -0.05) is 0 Å². The average molecular weight is 529 g/mol. The van der Waals surface area contributed by atoms with Crippen LogP contribution in [0.5, 0.6) is 0 Å². The molecule has 3 aromatic rings. The number of amides is 1. The van der Waals surface area contributed by atoms with Gasteiger partial charge < -0.3 is 29.9 Å². The molecule has 5 rings (SSSR count). The van der Waals surface area contributed by atoms with Crippen LogP contribution in [0.2, 0.25) is 0 Å². The molecular formula is C24H28N6O8. The van der Waals surface area contributed by atoms with Gasteiger partial charge in [-0.15, -0.1) is 0 Å². The molecule has 2 bridgehead atoms. The molecule has 14 nitrogen and oxygen atoms in total. The number of carboxylic acid groups (broad SMARTS) is 3. The Balaban J connectivity index is 0.000000222. The van der Waals surface area contributed by atoms with E-state index in [1.165, 1.54) is 5.69 Å². The molecule has 4 N–H and O–H groups in total. The molecule has 1 amide bonds. The van der Waals surface area contributed by atoms with Crippen LogP contribution < -0.4 is 0 Å². The van der Waals surface area contributed by atoms with Gasteiger partial charge in [0.1, 0.15) is 12.4 Å². The molecule has 202 valence electrons. The molecule has 2 aliphatic rings. The number of hydrogen-bond donors (Lipinski definition) is 4. The number of aryl methyl sites for hydroxylation is 2. The number of carbonyl (C=O) groups excluding carboxylic acids is 1. The van der Waals surface area contributed by atoms with Crippen LogP contribution in [0.1, 0.15) is 54.5 Å². The van der Waals surface area contributed by atoms with E-state index < -0.39 is 36.4 Å². The minimum absolute atomic E-state index is 0.117. The third kappa shape index (κ3) is 5.20. The largest absolute Gasteiger partial charge is 0.481 e. The number of nitrogens with zero attached hydrogens (tertiary/aromatic N) is 6. The smallest absolute Gasteiger partial charge is 0.336 e.